The van der Waals surface area contributed by atoms with Crippen molar-refractivity contribution in [3.8, 4) is 0 Å². The minimum atomic E-state index is 0.166. The van der Waals surface area contributed by atoms with Gasteiger partial charge >= 0.3 is 0 Å². The lowest BCUT2D eigenvalue weighted by molar-refractivity contribution is 0.373. The Morgan fingerprint density at radius 2 is 2.04 bits per heavy atom. The number of rotatable bonds is 5. The van der Waals surface area contributed by atoms with Gasteiger partial charge in [-0.2, -0.15) is 5.10 Å². The Morgan fingerprint density at radius 3 is 2.67 bits per heavy atom. The van der Waals surface area contributed by atoms with E-state index in [2.05, 4.69) is 49.2 Å². The molecule has 3 rings (SSSR count). The van der Waals surface area contributed by atoms with Gasteiger partial charge in [0.25, 0.3) is 0 Å². The fraction of sp³-hybridized carbons (Fsp3) is 0.647. The van der Waals surface area contributed by atoms with Crippen molar-refractivity contribution in [2.24, 2.45) is 0 Å². The van der Waals surface area contributed by atoms with Gasteiger partial charge in [-0.3, -0.25) is 5.10 Å². The Morgan fingerprint density at radius 1 is 1.29 bits per heavy atom. The van der Waals surface area contributed by atoms with Crippen LogP contribution in [0.4, 0.5) is 5.82 Å². The minimum Gasteiger partial charge on any atom is -0.356 e. The zero-order valence-electron chi connectivity index (χ0n) is 15.0. The second kappa shape index (κ2) is 7.25. The number of hydrogen-bond acceptors (Lipinski definition) is 6. The number of nitrogens with zero attached hydrogens (tertiary/aromatic N) is 5. The molecule has 0 spiro atoms. The van der Waals surface area contributed by atoms with E-state index in [1.807, 2.05) is 20.0 Å². The summed E-state index contributed by atoms with van der Waals surface area (Å²) in [5.41, 5.74) is 1.23. The van der Waals surface area contributed by atoms with Gasteiger partial charge < -0.3 is 10.2 Å². The molecule has 2 aromatic heterocycles. The van der Waals surface area contributed by atoms with E-state index in [4.69, 9.17) is 0 Å². The van der Waals surface area contributed by atoms with Crippen LogP contribution in [-0.4, -0.2) is 44.3 Å². The number of hydrogen-bond donors (Lipinski definition) is 2. The molecule has 0 saturated carbocycles. The summed E-state index contributed by atoms with van der Waals surface area (Å²) < 4.78 is 0. The molecule has 0 bridgehead atoms. The molecule has 130 valence electrons. The van der Waals surface area contributed by atoms with E-state index >= 15 is 0 Å². The Balaban J connectivity index is 1.59. The summed E-state index contributed by atoms with van der Waals surface area (Å²) in [6.07, 6.45) is 5.13. The van der Waals surface area contributed by atoms with Crippen LogP contribution in [-0.2, 0) is 6.42 Å². The first kappa shape index (κ1) is 16.8. The fourth-order valence-corrected chi connectivity index (χ4v) is 3.25. The van der Waals surface area contributed by atoms with Gasteiger partial charge in [0, 0.05) is 30.9 Å². The van der Waals surface area contributed by atoms with E-state index in [9.17, 15) is 0 Å². The maximum absolute atomic E-state index is 4.67. The van der Waals surface area contributed by atoms with Crippen LogP contribution in [0.3, 0.4) is 0 Å². The van der Waals surface area contributed by atoms with Crippen molar-refractivity contribution in [3.63, 3.8) is 0 Å². The third kappa shape index (κ3) is 3.72. The minimum absolute atomic E-state index is 0.166. The summed E-state index contributed by atoms with van der Waals surface area (Å²) in [6.45, 7) is 10.2. The molecule has 0 aromatic carbocycles. The molecule has 1 fully saturated rings. The topological polar surface area (TPSA) is 82.6 Å². The van der Waals surface area contributed by atoms with Crippen molar-refractivity contribution < 1.29 is 0 Å². The molecule has 1 atom stereocenters. The fourth-order valence-electron chi connectivity index (χ4n) is 3.25. The largest absolute Gasteiger partial charge is 0.356 e. The molecule has 7 heteroatoms. The average Bonchev–Trinajstić information content (AvgIpc) is 3.02. The van der Waals surface area contributed by atoms with E-state index < -0.39 is 0 Å². The Hall–Kier alpha value is -2.02. The lowest BCUT2D eigenvalue weighted by Crippen LogP contribution is -2.44. The van der Waals surface area contributed by atoms with E-state index in [1.165, 1.54) is 5.56 Å². The van der Waals surface area contributed by atoms with Crippen LogP contribution in [0.1, 0.15) is 55.8 Å². The average molecular weight is 329 g/mol. The quantitative estimate of drug-likeness (QED) is 0.874. The van der Waals surface area contributed by atoms with Crippen LogP contribution in [0.25, 0.3) is 0 Å². The molecule has 0 unspecified atom stereocenters. The molecule has 0 aliphatic carbocycles. The lowest BCUT2D eigenvalue weighted by Gasteiger charge is -2.35. The van der Waals surface area contributed by atoms with Crippen molar-refractivity contribution >= 4 is 5.82 Å². The summed E-state index contributed by atoms with van der Waals surface area (Å²) in [5, 5.41) is 10.8. The molecule has 1 aliphatic rings. The summed E-state index contributed by atoms with van der Waals surface area (Å²) in [4.78, 5) is 15.8. The van der Waals surface area contributed by atoms with E-state index in [-0.39, 0.29) is 6.04 Å². The Bertz CT molecular complexity index is 673. The third-order valence-electron chi connectivity index (χ3n) is 4.63. The summed E-state index contributed by atoms with van der Waals surface area (Å²) >= 11 is 0. The summed E-state index contributed by atoms with van der Waals surface area (Å²) in [5.74, 6) is 3.66. The Kier molecular flexibility index (Phi) is 5.08. The van der Waals surface area contributed by atoms with Crippen molar-refractivity contribution in [2.45, 2.75) is 59.0 Å². The first-order valence-corrected chi connectivity index (χ1v) is 8.79. The normalized spacial score (nSPS) is 17.2. The second-order valence-corrected chi connectivity index (χ2v) is 6.55. The predicted molar refractivity (Wildman–Crippen MR) is 94.1 cm³/mol. The molecule has 2 aromatic rings. The standard InChI is InChI=1S/C17H27N7/c1-5-14-10-18-12(3)21-17(14)24-8-6-15(7-9-24)19-11(2)16-20-13(4)22-23-16/h10-11,15,19H,5-9H2,1-4H3,(H,20,22,23)/t11-/m1/s1. The summed E-state index contributed by atoms with van der Waals surface area (Å²) in [6, 6.07) is 0.655. The first-order valence-electron chi connectivity index (χ1n) is 8.79. The van der Waals surface area contributed by atoms with Crippen LogP contribution in [0.5, 0.6) is 0 Å². The van der Waals surface area contributed by atoms with Crippen LogP contribution in [0.2, 0.25) is 0 Å². The van der Waals surface area contributed by atoms with Crippen LogP contribution < -0.4 is 10.2 Å². The number of H-pyrrole nitrogens is 1. The van der Waals surface area contributed by atoms with Crippen molar-refractivity contribution in [2.75, 3.05) is 18.0 Å². The maximum atomic E-state index is 4.67. The molecule has 1 saturated heterocycles. The van der Waals surface area contributed by atoms with Crippen molar-refractivity contribution in [1.82, 2.24) is 30.5 Å². The monoisotopic (exact) mass is 329 g/mol. The SMILES string of the molecule is CCc1cnc(C)nc1N1CCC(N[C@H](C)c2n[nH]c(C)n2)CC1. The highest BCUT2D eigenvalue weighted by atomic mass is 15.2. The first-order chi connectivity index (χ1) is 11.6. The highest BCUT2D eigenvalue weighted by molar-refractivity contribution is 5.46. The van der Waals surface area contributed by atoms with Gasteiger partial charge in [0.1, 0.15) is 17.5 Å². The van der Waals surface area contributed by atoms with Gasteiger partial charge in [0.05, 0.1) is 6.04 Å². The zero-order chi connectivity index (χ0) is 17.1. The van der Waals surface area contributed by atoms with Crippen LogP contribution in [0, 0.1) is 13.8 Å². The maximum Gasteiger partial charge on any atom is 0.167 e. The Labute approximate surface area is 143 Å². The molecule has 0 amide bonds. The third-order valence-corrected chi connectivity index (χ3v) is 4.63. The summed E-state index contributed by atoms with van der Waals surface area (Å²) in [7, 11) is 0. The van der Waals surface area contributed by atoms with Gasteiger partial charge in [0.15, 0.2) is 5.82 Å². The number of piperidine rings is 1. The molecule has 1 aliphatic heterocycles. The molecular formula is C17H27N7. The van der Waals surface area contributed by atoms with Gasteiger partial charge in [-0.15, -0.1) is 0 Å². The number of aryl methyl sites for hydroxylation is 3. The molecule has 2 N–H and O–H groups in total. The number of aromatic nitrogens is 5. The molecule has 3 heterocycles. The van der Waals surface area contributed by atoms with Crippen LogP contribution in [0.15, 0.2) is 6.20 Å². The van der Waals surface area contributed by atoms with Crippen molar-refractivity contribution in [3.05, 3.63) is 29.2 Å². The number of aromatic amines is 1. The van der Waals surface area contributed by atoms with E-state index in [0.29, 0.717) is 6.04 Å². The molecular weight excluding hydrogens is 302 g/mol. The van der Waals surface area contributed by atoms with E-state index in [0.717, 1.165) is 55.6 Å². The van der Waals surface area contributed by atoms with Crippen molar-refractivity contribution in [1.29, 1.82) is 0 Å². The predicted octanol–water partition coefficient (Wildman–Crippen LogP) is 2.09. The number of anilines is 1. The van der Waals surface area contributed by atoms with Crippen LogP contribution >= 0.6 is 0 Å². The highest BCUT2D eigenvalue weighted by Gasteiger charge is 2.24. The molecule has 0 radical (unpaired) electrons. The van der Waals surface area contributed by atoms with Gasteiger partial charge in [-0.1, -0.05) is 6.92 Å². The smallest absolute Gasteiger partial charge is 0.167 e. The molecule has 24 heavy (non-hydrogen) atoms. The number of nitrogens with one attached hydrogen (secondary N) is 2. The lowest BCUT2D eigenvalue weighted by atomic mass is 10.0. The van der Waals surface area contributed by atoms with E-state index in [1.54, 1.807) is 0 Å². The van der Waals surface area contributed by atoms with Gasteiger partial charge in [-0.25, -0.2) is 15.0 Å². The second-order valence-electron chi connectivity index (χ2n) is 6.55. The van der Waals surface area contributed by atoms with Gasteiger partial charge in [-0.05, 0) is 40.0 Å². The zero-order valence-corrected chi connectivity index (χ0v) is 15.0. The van der Waals surface area contributed by atoms with Gasteiger partial charge in [0.2, 0.25) is 0 Å². The molecule has 7 nitrogen and oxygen atoms in total. The highest BCUT2D eigenvalue weighted by Crippen LogP contribution is 2.23.